The van der Waals surface area contributed by atoms with Gasteiger partial charge in [-0.15, -0.1) is 0 Å². The van der Waals surface area contributed by atoms with Gasteiger partial charge in [-0.3, -0.25) is 0 Å². The van der Waals surface area contributed by atoms with Gasteiger partial charge in [0.1, 0.15) is 0 Å². The first-order chi connectivity index (χ1) is 9.10. The van der Waals surface area contributed by atoms with Gasteiger partial charge >= 0.3 is 0 Å². The van der Waals surface area contributed by atoms with E-state index < -0.39 is 0 Å². The molecule has 0 heterocycles. The molecule has 0 spiro atoms. The number of rotatable bonds is 4. The summed E-state index contributed by atoms with van der Waals surface area (Å²) in [5, 5.41) is 12.9. The second-order valence-corrected chi connectivity index (χ2v) is 4.68. The molecule has 2 N–H and O–H groups in total. The lowest BCUT2D eigenvalue weighted by Gasteiger charge is -2.11. The van der Waals surface area contributed by atoms with Crippen molar-refractivity contribution in [1.82, 2.24) is 0 Å². The van der Waals surface area contributed by atoms with Crippen molar-refractivity contribution in [2.45, 2.75) is 20.4 Å². The molecule has 0 atom stereocenters. The van der Waals surface area contributed by atoms with E-state index in [9.17, 15) is 5.11 Å². The van der Waals surface area contributed by atoms with E-state index in [1.807, 2.05) is 12.1 Å². The van der Waals surface area contributed by atoms with Crippen molar-refractivity contribution in [3.8, 4) is 11.5 Å². The Morgan fingerprint density at radius 1 is 1.11 bits per heavy atom. The molecule has 0 unspecified atom stereocenters. The molecule has 0 amide bonds. The van der Waals surface area contributed by atoms with E-state index in [1.165, 1.54) is 11.1 Å². The van der Waals surface area contributed by atoms with Crippen LogP contribution in [0.1, 0.15) is 16.7 Å². The molecule has 2 aromatic carbocycles. The lowest BCUT2D eigenvalue weighted by molar-refractivity contribution is 0.373. The van der Waals surface area contributed by atoms with Crippen molar-refractivity contribution < 1.29 is 9.84 Å². The minimum absolute atomic E-state index is 0.165. The minimum atomic E-state index is 0.165. The Balaban J connectivity index is 2.10. The Morgan fingerprint density at radius 2 is 1.89 bits per heavy atom. The average molecular weight is 257 g/mol. The third-order valence-corrected chi connectivity index (χ3v) is 3.11. The Kier molecular flexibility index (Phi) is 3.95. The summed E-state index contributed by atoms with van der Waals surface area (Å²) in [6.45, 7) is 4.87. The lowest BCUT2D eigenvalue weighted by atomic mass is 10.1. The molecule has 0 radical (unpaired) electrons. The first-order valence-electron chi connectivity index (χ1n) is 6.27. The number of aryl methyl sites for hydroxylation is 2. The molecule has 0 aromatic heterocycles. The molecular formula is C16H19NO2. The molecule has 3 nitrogen and oxygen atoms in total. The van der Waals surface area contributed by atoms with Gasteiger partial charge in [0.15, 0.2) is 11.5 Å². The fourth-order valence-electron chi connectivity index (χ4n) is 2.04. The number of nitrogens with one attached hydrogen (secondary N) is 1. The number of hydrogen-bond acceptors (Lipinski definition) is 3. The maximum absolute atomic E-state index is 9.55. The standard InChI is InChI=1S/C16H19NO2/c1-11-4-6-14(12(2)8-11)17-10-13-5-7-15(18)16(9-13)19-3/h4-9,17-18H,10H2,1-3H3. The Hall–Kier alpha value is -2.16. The van der Waals surface area contributed by atoms with Crippen molar-refractivity contribution >= 4 is 5.69 Å². The van der Waals surface area contributed by atoms with E-state index in [0.29, 0.717) is 12.3 Å². The summed E-state index contributed by atoms with van der Waals surface area (Å²) >= 11 is 0. The summed E-state index contributed by atoms with van der Waals surface area (Å²) in [7, 11) is 1.55. The van der Waals surface area contributed by atoms with E-state index in [0.717, 1.165) is 11.3 Å². The molecule has 19 heavy (non-hydrogen) atoms. The van der Waals surface area contributed by atoms with Crippen LogP contribution in [0, 0.1) is 13.8 Å². The maximum atomic E-state index is 9.55. The van der Waals surface area contributed by atoms with Crippen molar-refractivity contribution in [1.29, 1.82) is 0 Å². The molecular weight excluding hydrogens is 238 g/mol. The van der Waals surface area contributed by atoms with Crippen LogP contribution in [0.15, 0.2) is 36.4 Å². The first kappa shape index (κ1) is 13.3. The molecule has 0 aliphatic rings. The average Bonchev–Trinajstić information content (AvgIpc) is 2.39. The van der Waals surface area contributed by atoms with Crippen LogP contribution in [0.2, 0.25) is 0 Å². The number of phenolic OH excluding ortho intramolecular Hbond substituents is 1. The minimum Gasteiger partial charge on any atom is -0.504 e. The van der Waals surface area contributed by atoms with Crippen LogP contribution in [-0.2, 0) is 6.54 Å². The zero-order valence-corrected chi connectivity index (χ0v) is 11.5. The van der Waals surface area contributed by atoms with E-state index in [-0.39, 0.29) is 5.75 Å². The summed E-state index contributed by atoms with van der Waals surface area (Å²) in [6.07, 6.45) is 0. The first-order valence-corrected chi connectivity index (χ1v) is 6.27. The predicted molar refractivity (Wildman–Crippen MR) is 77.9 cm³/mol. The third kappa shape index (κ3) is 3.19. The number of methoxy groups -OCH3 is 1. The monoisotopic (exact) mass is 257 g/mol. The van der Waals surface area contributed by atoms with Crippen LogP contribution >= 0.6 is 0 Å². The fraction of sp³-hybridized carbons (Fsp3) is 0.250. The van der Waals surface area contributed by atoms with Crippen LogP contribution < -0.4 is 10.1 Å². The number of phenols is 1. The van der Waals surface area contributed by atoms with Gasteiger partial charge in [-0.05, 0) is 43.2 Å². The lowest BCUT2D eigenvalue weighted by Crippen LogP contribution is -2.01. The summed E-state index contributed by atoms with van der Waals surface area (Å²) in [4.78, 5) is 0. The SMILES string of the molecule is COc1cc(CNc2ccc(C)cc2C)ccc1O. The fourth-order valence-corrected chi connectivity index (χ4v) is 2.04. The summed E-state index contributed by atoms with van der Waals surface area (Å²) < 4.78 is 5.10. The van der Waals surface area contributed by atoms with Gasteiger partial charge in [0, 0.05) is 12.2 Å². The second kappa shape index (κ2) is 5.65. The smallest absolute Gasteiger partial charge is 0.160 e. The highest BCUT2D eigenvalue weighted by Crippen LogP contribution is 2.26. The Morgan fingerprint density at radius 3 is 2.58 bits per heavy atom. The van der Waals surface area contributed by atoms with Crippen LogP contribution in [0.5, 0.6) is 11.5 Å². The van der Waals surface area contributed by atoms with Crippen LogP contribution in [-0.4, -0.2) is 12.2 Å². The number of hydrogen-bond donors (Lipinski definition) is 2. The third-order valence-electron chi connectivity index (χ3n) is 3.11. The summed E-state index contributed by atoms with van der Waals surface area (Å²) in [5.41, 5.74) is 4.67. The van der Waals surface area contributed by atoms with Gasteiger partial charge in [0.25, 0.3) is 0 Å². The Bertz CT molecular complexity index is 579. The van der Waals surface area contributed by atoms with Gasteiger partial charge in [-0.1, -0.05) is 23.8 Å². The molecule has 3 heteroatoms. The maximum Gasteiger partial charge on any atom is 0.160 e. The van der Waals surface area contributed by atoms with Crippen molar-refractivity contribution in [2.24, 2.45) is 0 Å². The molecule has 100 valence electrons. The topological polar surface area (TPSA) is 41.5 Å². The van der Waals surface area contributed by atoms with Crippen LogP contribution in [0.3, 0.4) is 0 Å². The normalized spacial score (nSPS) is 10.3. The summed E-state index contributed by atoms with van der Waals surface area (Å²) in [5.74, 6) is 0.665. The highest BCUT2D eigenvalue weighted by molar-refractivity contribution is 5.52. The van der Waals surface area contributed by atoms with Gasteiger partial charge in [0.2, 0.25) is 0 Å². The highest BCUT2D eigenvalue weighted by atomic mass is 16.5. The van der Waals surface area contributed by atoms with Crippen molar-refractivity contribution in [3.63, 3.8) is 0 Å². The highest BCUT2D eigenvalue weighted by Gasteiger charge is 2.03. The molecule has 0 saturated heterocycles. The quantitative estimate of drug-likeness (QED) is 0.878. The molecule has 0 fully saturated rings. The zero-order chi connectivity index (χ0) is 13.8. The molecule has 2 rings (SSSR count). The van der Waals surface area contributed by atoms with Gasteiger partial charge in [0.05, 0.1) is 7.11 Å². The second-order valence-electron chi connectivity index (χ2n) is 4.68. The molecule has 0 aliphatic carbocycles. The number of benzene rings is 2. The van der Waals surface area contributed by atoms with Crippen LogP contribution in [0.25, 0.3) is 0 Å². The predicted octanol–water partition coefficient (Wildman–Crippen LogP) is 3.63. The van der Waals surface area contributed by atoms with Gasteiger partial charge in [-0.2, -0.15) is 0 Å². The van der Waals surface area contributed by atoms with Crippen LogP contribution in [0.4, 0.5) is 5.69 Å². The molecule has 0 aliphatic heterocycles. The largest absolute Gasteiger partial charge is 0.504 e. The van der Waals surface area contributed by atoms with E-state index in [2.05, 4.69) is 37.4 Å². The van der Waals surface area contributed by atoms with Gasteiger partial charge < -0.3 is 15.2 Å². The molecule has 0 bridgehead atoms. The Labute approximate surface area is 113 Å². The van der Waals surface area contributed by atoms with Crippen molar-refractivity contribution in [3.05, 3.63) is 53.1 Å². The van der Waals surface area contributed by atoms with E-state index in [4.69, 9.17) is 4.74 Å². The summed E-state index contributed by atoms with van der Waals surface area (Å²) in [6, 6.07) is 11.7. The molecule has 0 saturated carbocycles. The molecule has 2 aromatic rings. The van der Waals surface area contributed by atoms with Gasteiger partial charge in [-0.25, -0.2) is 0 Å². The number of anilines is 1. The van der Waals surface area contributed by atoms with E-state index >= 15 is 0 Å². The number of ether oxygens (including phenoxy) is 1. The number of aromatic hydroxyl groups is 1. The zero-order valence-electron chi connectivity index (χ0n) is 11.5. The van der Waals surface area contributed by atoms with E-state index in [1.54, 1.807) is 13.2 Å². The van der Waals surface area contributed by atoms with Crippen molar-refractivity contribution in [2.75, 3.05) is 12.4 Å².